The van der Waals surface area contributed by atoms with Crippen molar-refractivity contribution in [2.75, 3.05) is 78.5 Å². The van der Waals surface area contributed by atoms with Crippen molar-refractivity contribution in [3.8, 4) is 0 Å². The molecule has 0 spiro atoms. The lowest BCUT2D eigenvalue weighted by molar-refractivity contribution is -0.140. The first-order chi connectivity index (χ1) is 15.5. The lowest BCUT2D eigenvalue weighted by atomic mass is 10.2. The van der Waals surface area contributed by atoms with Crippen LogP contribution in [0.15, 0.2) is 0 Å². The standard InChI is InChI=1S/C20H38N6O7/c1-15(21)16(2)22-17(27)11-23-3-5-24(12-18(28)29)7-9-26(14-20(32)33)10-8-25(6-4-23)13-19(30)31/h15-16H,3-14,21H2,1-2H3,(H,22,27)(H,28,29)(H,30,31)(H,32,33). The number of nitrogens with two attached hydrogens (primary N) is 1. The van der Waals surface area contributed by atoms with Crippen LogP contribution in [0, 0.1) is 0 Å². The van der Waals surface area contributed by atoms with Gasteiger partial charge in [-0.25, -0.2) is 0 Å². The monoisotopic (exact) mass is 474 g/mol. The Hall–Kier alpha value is -2.32. The molecule has 1 aliphatic rings. The Kier molecular flexibility index (Phi) is 12.8. The first-order valence-corrected chi connectivity index (χ1v) is 11.1. The van der Waals surface area contributed by atoms with Crippen LogP contribution in [0.4, 0.5) is 0 Å². The summed E-state index contributed by atoms with van der Waals surface area (Å²) >= 11 is 0. The van der Waals surface area contributed by atoms with Crippen molar-refractivity contribution in [2.24, 2.45) is 5.73 Å². The summed E-state index contributed by atoms with van der Waals surface area (Å²) in [5.74, 6) is -3.20. The molecule has 1 heterocycles. The Balaban J connectivity index is 2.94. The second-order valence-corrected chi connectivity index (χ2v) is 8.50. The van der Waals surface area contributed by atoms with E-state index < -0.39 is 17.9 Å². The number of carboxylic acids is 3. The van der Waals surface area contributed by atoms with Gasteiger partial charge in [0.2, 0.25) is 5.91 Å². The SMILES string of the molecule is CC(N)C(C)NC(=O)CN1CCN(CC(=O)O)CCN(CC(=O)O)CCN(CC(=O)O)CC1. The number of carboxylic acid groups (broad SMARTS) is 3. The summed E-state index contributed by atoms with van der Waals surface area (Å²) in [4.78, 5) is 53.2. The van der Waals surface area contributed by atoms with Gasteiger partial charge < -0.3 is 26.4 Å². The minimum atomic E-state index is -1.00. The van der Waals surface area contributed by atoms with Crippen LogP contribution in [-0.2, 0) is 19.2 Å². The van der Waals surface area contributed by atoms with E-state index in [1.165, 1.54) is 0 Å². The van der Waals surface area contributed by atoms with Gasteiger partial charge in [-0.3, -0.25) is 38.8 Å². The van der Waals surface area contributed by atoms with Crippen LogP contribution in [0.25, 0.3) is 0 Å². The molecule has 33 heavy (non-hydrogen) atoms. The number of carbonyl (C=O) groups is 4. The Bertz CT molecular complexity index is 631. The maximum Gasteiger partial charge on any atom is 0.317 e. The van der Waals surface area contributed by atoms with E-state index in [1.54, 1.807) is 21.6 Å². The fourth-order valence-electron chi connectivity index (χ4n) is 3.42. The highest BCUT2D eigenvalue weighted by Gasteiger charge is 2.21. The molecule has 0 bridgehead atoms. The fraction of sp³-hybridized carbons (Fsp3) is 0.800. The molecule has 0 aromatic carbocycles. The van der Waals surface area contributed by atoms with Crippen LogP contribution >= 0.6 is 0 Å². The number of amides is 1. The summed E-state index contributed by atoms with van der Waals surface area (Å²) in [6, 6.07) is -0.427. The van der Waals surface area contributed by atoms with Crippen molar-refractivity contribution in [3.05, 3.63) is 0 Å². The third-order valence-corrected chi connectivity index (χ3v) is 5.55. The number of nitrogens with one attached hydrogen (secondary N) is 1. The number of aliphatic carboxylic acids is 3. The molecule has 13 heteroatoms. The second kappa shape index (κ2) is 14.8. The van der Waals surface area contributed by atoms with Gasteiger partial charge in [0.25, 0.3) is 0 Å². The molecule has 1 rings (SSSR count). The minimum Gasteiger partial charge on any atom is -0.480 e. The van der Waals surface area contributed by atoms with Crippen molar-refractivity contribution in [1.82, 2.24) is 24.9 Å². The maximum atomic E-state index is 12.5. The van der Waals surface area contributed by atoms with E-state index >= 15 is 0 Å². The predicted octanol–water partition coefficient (Wildman–Crippen LogP) is -2.69. The lowest BCUT2D eigenvalue weighted by Crippen LogP contribution is -2.51. The number of rotatable bonds is 10. The van der Waals surface area contributed by atoms with Crippen molar-refractivity contribution in [1.29, 1.82) is 0 Å². The molecule has 1 saturated heterocycles. The molecule has 13 nitrogen and oxygen atoms in total. The molecule has 190 valence electrons. The van der Waals surface area contributed by atoms with Crippen molar-refractivity contribution in [3.63, 3.8) is 0 Å². The normalized spacial score (nSPS) is 20.2. The molecule has 6 N–H and O–H groups in total. The molecule has 0 aliphatic carbocycles. The first-order valence-electron chi connectivity index (χ1n) is 11.1. The zero-order valence-electron chi connectivity index (χ0n) is 19.5. The topological polar surface area (TPSA) is 180 Å². The summed E-state index contributed by atoms with van der Waals surface area (Å²) in [5.41, 5.74) is 5.81. The molecule has 0 saturated carbocycles. The average Bonchev–Trinajstić information content (AvgIpc) is 2.68. The molecule has 0 aromatic rings. The maximum absolute atomic E-state index is 12.5. The van der Waals surface area contributed by atoms with Gasteiger partial charge >= 0.3 is 17.9 Å². The van der Waals surface area contributed by atoms with E-state index in [2.05, 4.69) is 5.32 Å². The smallest absolute Gasteiger partial charge is 0.317 e. The minimum absolute atomic E-state index is 0.0734. The quantitative estimate of drug-likeness (QED) is 0.222. The van der Waals surface area contributed by atoms with Gasteiger partial charge in [0.1, 0.15) is 0 Å². The summed E-state index contributed by atoms with van der Waals surface area (Å²) in [6.45, 7) is 5.90. The van der Waals surface area contributed by atoms with Gasteiger partial charge in [-0.2, -0.15) is 0 Å². The Morgan fingerprint density at radius 1 is 0.667 bits per heavy atom. The summed E-state index contributed by atoms with van der Waals surface area (Å²) < 4.78 is 0. The van der Waals surface area contributed by atoms with Gasteiger partial charge in [-0.05, 0) is 13.8 Å². The molecule has 0 aromatic heterocycles. The van der Waals surface area contributed by atoms with E-state index in [0.29, 0.717) is 52.4 Å². The van der Waals surface area contributed by atoms with Gasteiger partial charge in [0.05, 0.1) is 26.2 Å². The van der Waals surface area contributed by atoms with E-state index in [0.717, 1.165) is 0 Å². The zero-order valence-corrected chi connectivity index (χ0v) is 19.5. The third kappa shape index (κ3) is 13.1. The van der Waals surface area contributed by atoms with Crippen LogP contribution in [0.3, 0.4) is 0 Å². The van der Waals surface area contributed by atoms with E-state index in [4.69, 9.17) is 5.73 Å². The zero-order chi connectivity index (χ0) is 25.0. The molecule has 2 unspecified atom stereocenters. The first kappa shape index (κ1) is 28.7. The van der Waals surface area contributed by atoms with Gasteiger partial charge in [-0.1, -0.05) is 0 Å². The van der Waals surface area contributed by atoms with Crippen LogP contribution in [0.2, 0.25) is 0 Å². The van der Waals surface area contributed by atoms with E-state index in [1.807, 2.05) is 11.8 Å². The van der Waals surface area contributed by atoms with Crippen molar-refractivity contribution in [2.45, 2.75) is 25.9 Å². The van der Waals surface area contributed by atoms with Crippen LogP contribution < -0.4 is 11.1 Å². The Morgan fingerprint density at radius 3 is 1.18 bits per heavy atom. The fourth-order valence-corrected chi connectivity index (χ4v) is 3.42. The Morgan fingerprint density at radius 2 is 0.939 bits per heavy atom. The second-order valence-electron chi connectivity index (χ2n) is 8.50. The van der Waals surface area contributed by atoms with Crippen molar-refractivity contribution < 1.29 is 34.5 Å². The largest absolute Gasteiger partial charge is 0.480 e. The molecule has 2 atom stereocenters. The predicted molar refractivity (Wildman–Crippen MR) is 120 cm³/mol. The molecular formula is C20H38N6O7. The molecule has 1 fully saturated rings. The van der Waals surface area contributed by atoms with Gasteiger partial charge in [0.15, 0.2) is 0 Å². The van der Waals surface area contributed by atoms with Crippen LogP contribution in [0.5, 0.6) is 0 Å². The lowest BCUT2D eigenvalue weighted by Gasteiger charge is -2.33. The summed E-state index contributed by atoms with van der Waals surface area (Å²) in [6.07, 6.45) is 0. The van der Waals surface area contributed by atoms with Crippen LogP contribution in [0.1, 0.15) is 13.8 Å². The van der Waals surface area contributed by atoms with E-state index in [-0.39, 0.29) is 44.2 Å². The summed E-state index contributed by atoms with van der Waals surface area (Å²) in [7, 11) is 0. The number of nitrogens with zero attached hydrogens (tertiary/aromatic N) is 4. The Labute approximate surface area is 194 Å². The number of carbonyl (C=O) groups excluding carboxylic acids is 1. The van der Waals surface area contributed by atoms with Gasteiger partial charge in [-0.15, -0.1) is 0 Å². The molecule has 1 amide bonds. The highest BCUT2D eigenvalue weighted by atomic mass is 16.4. The number of hydrogen-bond donors (Lipinski definition) is 5. The highest BCUT2D eigenvalue weighted by Crippen LogP contribution is 2.02. The third-order valence-electron chi connectivity index (χ3n) is 5.55. The average molecular weight is 475 g/mol. The molecular weight excluding hydrogens is 436 g/mol. The van der Waals surface area contributed by atoms with E-state index in [9.17, 15) is 34.5 Å². The molecule has 0 radical (unpaired) electrons. The van der Waals surface area contributed by atoms with Gasteiger partial charge in [0, 0.05) is 64.4 Å². The summed E-state index contributed by atoms with van der Waals surface area (Å²) in [5, 5.41) is 30.5. The molecule has 1 aliphatic heterocycles. The number of hydrogen-bond acceptors (Lipinski definition) is 9. The highest BCUT2D eigenvalue weighted by molar-refractivity contribution is 5.78. The van der Waals surface area contributed by atoms with Crippen molar-refractivity contribution >= 4 is 23.8 Å². The van der Waals surface area contributed by atoms with Crippen LogP contribution in [-0.4, -0.2) is 149 Å².